The molecule has 1 heterocycles. The Morgan fingerprint density at radius 3 is 2.54 bits per heavy atom. The number of piperazine rings is 1. The molecule has 126 valence electrons. The minimum atomic E-state index is -0.170. The molecule has 1 amide bonds. The van der Waals surface area contributed by atoms with Gasteiger partial charge in [-0.3, -0.25) is 9.69 Å². The van der Waals surface area contributed by atoms with Crippen molar-refractivity contribution in [2.75, 3.05) is 26.2 Å². The predicted octanol–water partition coefficient (Wildman–Crippen LogP) is 2.29. The lowest BCUT2D eigenvalue weighted by atomic mass is 10.1. The highest BCUT2D eigenvalue weighted by Gasteiger charge is 2.38. The Bertz CT molecular complexity index is 644. The minimum Gasteiger partial charge on any atom is -0.493 e. The van der Waals surface area contributed by atoms with Gasteiger partial charge in [-0.1, -0.05) is 0 Å². The molecule has 0 N–H and O–H groups in total. The molecule has 1 aromatic carbocycles. The average molecular weight is 325 g/mol. The molecule has 0 bridgehead atoms. The van der Waals surface area contributed by atoms with Crippen LogP contribution in [0.15, 0.2) is 24.3 Å². The third-order valence-electron chi connectivity index (χ3n) is 5.16. The van der Waals surface area contributed by atoms with Gasteiger partial charge in [0.05, 0.1) is 12.7 Å². The summed E-state index contributed by atoms with van der Waals surface area (Å²) in [5.74, 6) is 1.56. The van der Waals surface area contributed by atoms with Crippen LogP contribution in [0.3, 0.4) is 0 Å². The fraction of sp³-hybridized carbons (Fsp3) is 0.579. The molecule has 5 heteroatoms. The third-order valence-corrected chi connectivity index (χ3v) is 5.16. The second-order valence-electron chi connectivity index (χ2n) is 7.14. The zero-order valence-corrected chi connectivity index (χ0v) is 13.9. The van der Waals surface area contributed by atoms with Crippen molar-refractivity contribution < 1.29 is 9.53 Å². The molecule has 5 nitrogen and oxygen atoms in total. The summed E-state index contributed by atoms with van der Waals surface area (Å²) < 4.78 is 5.72. The van der Waals surface area contributed by atoms with E-state index in [-0.39, 0.29) is 11.9 Å². The van der Waals surface area contributed by atoms with E-state index in [1.54, 1.807) is 0 Å². The number of nitrogens with zero attached hydrogens (tertiary/aromatic N) is 3. The van der Waals surface area contributed by atoms with Gasteiger partial charge >= 0.3 is 0 Å². The van der Waals surface area contributed by atoms with Crippen molar-refractivity contribution in [1.29, 1.82) is 5.26 Å². The van der Waals surface area contributed by atoms with Crippen LogP contribution in [0.1, 0.15) is 36.0 Å². The summed E-state index contributed by atoms with van der Waals surface area (Å²) in [6, 6.07) is 10.2. The maximum Gasteiger partial charge on any atom is 0.253 e. The highest BCUT2D eigenvalue weighted by Crippen LogP contribution is 2.31. The number of benzene rings is 1. The maximum atomic E-state index is 12.7. The number of nitriles is 1. The summed E-state index contributed by atoms with van der Waals surface area (Å²) in [4.78, 5) is 16.8. The molecule has 3 aliphatic rings. The van der Waals surface area contributed by atoms with Crippen LogP contribution in [-0.4, -0.2) is 54.0 Å². The van der Waals surface area contributed by atoms with Gasteiger partial charge < -0.3 is 9.64 Å². The van der Waals surface area contributed by atoms with Gasteiger partial charge in [-0.05, 0) is 55.9 Å². The fourth-order valence-corrected chi connectivity index (χ4v) is 3.31. The number of hydrogen-bond donors (Lipinski definition) is 0. The zero-order chi connectivity index (χ0) is 16.5. The van der Waals surface area contributed by atoms with E-state index in [1.807, 2.05) is 29.2 Å². The first-order chi connectivity index (χ1) is 11.7. The number of ether oxygens (including phenoxy) is 1. The normalized spacial score (nSPS) is 24.5. The molecule has 2 saturated carbocycles. The number of amides is 1. The van der Waals surface area contributed by atoms with Crippen LogP contribution < -0.4 is 4.74 Å². The standard InChI is InChI=1S/C19H23N3O2/c20-11-17-12-21(9-10-22(17)16-5-6-16)19(23)15-3-7-18(8-4-15)24-13-14-1-2-14/h3-4,7-8,14,16-17H,1-2,5-6,9-10,12-13H2. The van der Waals surface area contributed by atoms with Crippen molar-refractivity contribution in [2.24, 2.45) is 5.92 Å². The molecule has 2 aliphatic carbocycles. The Morgan fingerprint density at radius 2 is 1.92 bits per heavy atom. The minimum absolute atomic E-state index is 0.0134. The predicted molar refractivity (Wildman–Crippen MR) is 89.7 cm³/mol. The molecular formula is C19H23N3O2. The van der Waals surface area contributed by atoms with Crippen LogP contribution >= 0.6 is 0 Å². The van der Waals surface area contributed by atoms with E-state index < -0.39 is 0 Å². The van der Waals surface area contributed by atoms with Gasteiger partial charge in [-0.15, -0.1) is 0 Å². The van der Waals surface area contributed by atoms with Gasteiger partial charge in [0.1, 0.15) is 11.8 Å². The van der Waals surface area contributed by atoms with Crippen molar-refractivity contribution in [3.05, 3.63) is 29.8 Å². The Kier molecular flexibility index (Phi) is 4.15. The van der Waals surface area contributed by atoms with Gasteiger partial charge in [0, 0.05) is 31.2 Å². The Hall–Kier alpha value is -2.06. The largest absolute Gasteiger partial charge is 0.493 e. The van der Waals surface area contributed by atoms with E-state index in [9.17, 15) is 10.1 Å². The Balaban J connectivity index is 1.36. The first-order valence-corrected chi connectivity index (χ1v) is 8.92. The molecule has 1 atom stereocenters. The first-order valence-electron chi connectivity index (χ1n) is 8.92. The van der Waals surface area contributed by atoms with Crippen LogP contribution in [-0.2, 0) is 0 Å². The highest BCUT2D eigenvalue weighted by molar-refractivity contribution is 5.94. The second kappa shape index (κ2) is 6.45. The molecule has 1 aliphatic heterocycles. The molecule has 0 spiro atoms. The van der Waals surface area contributed by atoms with Gasteiger partial charge in [-0.25, -0.2) is 0 Å². The lowest BCUT2D eigenvalue weighted by molar-refractivity contribution is 0.0550. The quantitative estimate of drug-likeness (QED) is 0.833. The van der Waals surface area contributed by atoms with Crippen molar-refractivity contribution in [3.8, 4) is 11.8 Å². The average Bonchev–Trinajstić information content (AvgIpc) is 3.52. The first kappa shape index (κ1) is 15.5. The zero-order valence-electron chi connectivity index (χ0n) is 13.9. The smallest absolute Gasteiger partial charge is 0.253 e. The molecule has 3 fully saturated rings. The molecular weight excluding hydrogens is 302 g/mol. The van der Waals surface area contributed by atoms with Crippen molar-refractivity contribution in [2.45, 2.75) is 37.8 Å². The van der Waals surface area contributed by atoms with Crippen LogP contribution in [0.5, 0.6) is 5.75 Å². The van der Waals surface area contributed by atoms with E-state index in [4.69, 9.17) is 4.74 Å². The van der Waals surface area contributed by atoms with Crippen LogP contribution in [0.25, 0.3) is 0 Å². The summed E-state index contributed by atoms with van der Waals surface area (Å²) in [6.45, 7) is 2.79. The topological polar surface area (TPSA) is 56.6 Å². The summed E-state index contributed by atoms with van der Waals surface area (Å²) in [5.41, 5.74) is 0.672. The summed E-state index contributed by atoms with van der Waals surface area (Å²) >= 11 is 0. The van der Waals surface area contributed by atoms with Gasteiger partial charge in [0.15, 0.2) is 0 Å². The fourth-order valence-electron chi connectivity index (χ4n) is 3.31. The molecule has 0 radical (unpaired) electrons. The SMILES string of the molecule is N#CC1CN(C(=O)c2ccc(OCC3CC3)cc2)CCN1C1CC1. The summed E-state index contributed by atoms with van der Waals surface area (Å²) in [5, 5.41) is 9.41. The van der Waals surface area contributed by atoms with Crippen LogP contribution in [0.4, 0.5) is 0 Å². The molecule has 4 rings (SSSR count). The van der Waals surface area contributed by atoms with Gasteiger partial charge in [0.25, 0.3) is 5.91 Å². The second-order valence-corrected chi connectivity index (χ2v) is 7.14. The number of rotatable bonds is 5. The van der Waals surface area contributed by atoms with E-state index in [0.29, 0.717) is 24.7 Å². The van der Waals surface area contributed by atoms with Crippen LogP contribution in [0, 0.1) is 17.2 Å². The van der Waals surface area contributed by atoms with E-state index in [1.165, 1.54) is 25.7 Å². The van der Waals surface area contributed by atoms with Gasteiger partial charge in [0.2, 0.25) is 0 Å². The Morgan fingerprint density at radius 1 is 1.17 bits per heavy atom. The molecule has 1 saturated heterocycles. The lowest BCUT2D eigenvalue weighted by Crippen LogP contribution is -2.54. The van der Waals surface area contributed by atoms with Crippen LogP contribution in [0.2, 0.25) is 0 Å². The Labute approximate surface area is 142 Å². The molecule has 0 aromatic heterocycles. The number of hydrogen-bond acceptors (Lipinski definition) is 4. The van der Waals surface area contributed by atoms with Crippen molar-refractivity contribution in [1.82, 2.24) is 9.80 Å². The van der Waals surface area contributed by atoms with E-state index in [0.717, 1.165) is 24.8 Å². The monoisotopic (exact) mass is 325 g/mol. The lowest BCUT2D eigenvalue weighted by Gasteiger charge is -2.38. The van der Waals surface area contributed by atoms with E-state index in [2.05, 4.69) is 11.0 Å². The summed E-state index contributed by atoms with van der Waals surface area (Å²) in [6.07, 6.45) is 4.91. The number of carbonyl (C=O) groups is 1. The summed E-state index contributed by atoms with van der Waals surface area (Å²) in [7, 11) is 0. The van der Waals surface area contributed by atoms with Crippen molar-refractivity contribution in [3.63, 3.8) is 0 Å². The third kappa shape index (κ3) is 3.39. The maximum absolute atomic E-state index is 12.7. The molecule has 1 unspecified atom stereocenters. The van der Waals surface area contributed by atoms with E-state index >= 15 is 0 Å². The van der Waals surface area contributed by atoms with Gasteiger partial charge in [-0.2, -0.15) is 5.26 Å². The molecule has 1 aromatic rings. The highest BCUT2D eigenvalue weighted by atomic mass is 16.5. The van der Waals surface area contributed by atoms with Crippen molar-refractivity contribution >= 4 is 5.91 Å². The number of carbonyl (C=O) groups excluding carboxylic acids is 1. The molecule has 24 heavy (non-hydrogen) atoms.